The molecule has 0 aliphatic carbocycles. The SMILES string of the molecule is C.COC(=O)CBr.COC(=O)Cn1ccc2cc(C)c(C)cc21.Cc1cc(/C=C/N2CCCC2)c([N+](=O)[O-])cc1C.Cc1cc(C)c([N+](=O)[O-])cc1C.Cc1cc2cc[nH]c2cc1C.Cc1cc2ccn(CC(=O)N[C@@H](Cc3cc(F)cc(F)c3)c3ncccc3-c3ccc(F)c(C(N)=O)c3)c2cc1C.Cc1cc2ccn(CC(=O)O)c2cc1C.NC(=O)c1cc(-c2cccnc2[C@@H](N)Cc2cc(F)cc(F)c2)ccc1F.O. The van der Waals surface area contributed by atoms with E-state index in [1.807, 2.05) is 137 Å². The summed E-state index contributed by atoms with van der Waals surface area (Å²) >= 11 is 2.90. The number of aromatic nitrogens is 6. The number of methoxy groups -OCH3 is 2. The molecule has 1 fully saturated rings. The first-order valence-corrected chi connectivity index (χ1v) is 47.5. The standard InChI is InChI=1S/C32H27F3N4O2.C20H16F3N3O.C14H18N2O2.C13H15NO2.C12H13NO2.C10H11N.C9H11NO2.C3H5BrO2.CH4.H2O/c1-18-10-22-7-9-39(29(22)11-19(18)2)17-30(40)38-28(14-20-12-23(33)16-24(34)13-20)31-25(4-3-8-37-31)21-5-6-27(35)26(15-21)32(36)41;21-13-6-11(7-14(22)10-13)8-18(24)19-15(2-1-5-26-19)12-3-4-17(23)16(9-12)20(25)27;1-11-9-13(5-8-15-6-3-4-7-15)14(16(17)18)10-12(11)2;1-9-6-11-4-5-14(8-13(15)16-3)12(11)7-10(9)2;1-8-5-10-3-4-13(7-12(14)15)11(10)6-9(8)2;1-7-5-9-3-4-11-10(9)6-8(7)2;1-6-4-8(3)9(10(11)12)5-7(6)2;1-6-3(5)2-4;;/h3-13,15-16,28H,14,17H2,1-2H3,(H2,36,41)(H,38,40);1-7,9-10,18H,8,24H2,(H2,25,27);5,8-10H,3-4,6-7H2,1-2H3;4-7H,8H2,1-3H3;3-6H,7H2,1-2H3,(H,14,15);3-6,11H,1-2H3;4-5H,1-3H3;2H2,1H3;1H4;1H2/b;;8-5+;;;;;;;/t28-;18-;;;;;;;;/m00......../s1. The number of carboxylic acid groups (broad SMARTS) is 1. The fourth-order valence-electron chi connectivity index (χ4n) is 16.2. The number of halogens is 7. The summed E-state index contributed by atoms with van der Waals surface area (Å²) in [6.45, 7) is 28.4. The summed E-state index contributed by atoms with van der Waals surface area (Å²) in [4.78, 5) is 103. The molecule has 3 amide bonds. The molecule has 7 heterocycles. The number of H-pyrrole nitrogens is 1. The van der Waals surface area contributed by atoms with Gasteiger partial charge in [0.2, 0.25) is 5.91 Å². The smallest absolute Gasteiger partial charge is 0.325 e. The molecule has 34 heteroatoms. The summed E-state index contributed by atoms with van der Waals surface area (Å²) in [5, 5.41) is 38.1. The van der Waals surface area contributed by atoms with Crippen LogP contribution in [0, 0.1) is 145 Å². The number of ether oxygens (including phenoxy) is 2. The van der Waals surface area contributed by atoms with Crippen LogP contribution in [-0.2, 0) is 61.1 Å². The Morgan fingerprint density at radius 1 is 0.480 bits per heavy atom. The molecule has 0 spiro atoms. The molecular formula is C114H122BrF6N13O14. The number of fused-ring (bicyclic) bond motifs is 4. The van der Waals surface area contributed by atoms with Crippen LogP contribution in [-0.4, -0.2) is 122 Å². The van der Waals surface area contributed by atoms with E-state index in [0.717, 1.165) is 109 Å². The Kier molecular flexibility index (Phi) is 42.8. The summed E-state index contributed by atoms with van der Waals surface area (Å²) in [5.41, 5.74) is 39.7. The van der Waals surface area contributed by atoms with Crippen molar-refractivity contribution in [3.63, 3.8) is 0 Å². The molecule has 0 radical (unpaired) electrons. The molecule has 776 valence electrons. The van der Waals surface area contributed by atoms with Crippen molar-refractivity contribution in [2.45, 2.75) is 155 Å². The third kappa shape index (κ3) is 32.1. The minimum Gasteiger partial charge on any atom is -0.480 e. The number of aliphatic carboxylic acids is 1. The molecule has 11 N–H and O–H groups in total. The highest BCUT2D eigenvalue weighted by Crippen LogP contribution is 2.35. The van der Waals surface area contributed by atoms with Gasteiger partial charge in [0.25, 0.3) is 23.2 Å². The number of rotatable bonds is 22. The zero-order chi connectivity index (χ0) is 107. The number of aromatic amines is 1. The second-order valence-electron chi connectivity index (χ2n) is 35.5. The van der Waals surface area contributed by atoms with Crippen LogP contribution in [0.5, 0.6) is 0 Å². The summed E-state index contributed by atoms with van der Waals surface area (Å²) in [6, 6.07) is 51.3. The van der Waals surface area contributed by atoms with Gasteiger partial charge in [-0.3, -0.25) is 59.0 Å². The number of nitrogens with one attached hydrogen (secondary N) is 2. The monoisotopic (exact) mass is 2090 g/mol. The van der Waals surface area contributed by atoms with E-state index in [2.05, 4.69) is 128 Å². The number of nitro benzene ring substituents is 2. The van der Waals surface area contributed by atoms with E-state index in [1.54, 1.807) is 47.9 Å². The van der Waals surface area contributed by atoms with Crippen LogP contribution < -0.4 is 22.5 Å². The minimum atomic E-state index is -0.931. The van der Waals surface area contributed by atoms with Gasteiger partial charge in [-0.15, -0.1) is 0 Å². The molecule has 27 nitrogen and oxygen atoms in total. The molecule has 1 saturated heterocycles. The lowest BCUT2D eigenvalue weighted by Gasteiger charge is -2.22. The number of carbonyl (C=O) groups excluding carboxylic acids is 5. The van der Waals surface area contributed by atoms with Crippen molar-refractivity contribution in [1.29, 1.82) is 0 Å². The van der Waals surface area contributed by atoms with E-state index in [-0.39, 0.29) is 101 Å². The summed E-state index contributed by atoms with van der Waals surface area (Å²) in [5.74, 6) is -7.83. The number of nitrogens with zero attached hydrogens (tertiary/aromatic N) is 8. The molecule has 10 aromatic carbocycles. The minimum absolute atomic E-state index is 0. The Hall–Kier alpha value is -16.2. The molecule has 148 heavy (non-hydrogen) atoms. The van der Waals surface area contributed by atoms with Gasteiger partial charge >= 0.3 is 17.9 Å². The van der Waals surface area contributed by atoms with Crippen LogP contribution in [0.4, 0.5) is 37.7 Å². The second kappa shape index (κ2) is 54.1. The quantitative estimate of drug-likeness (QED) is 0.0121. The Morgan fingerprint density at radius 2 is 0.878 bits per heavy atom. The lowest BCUT2D eigenvalue weighted by Crippen LogP contribution is -2.33. The van der Waals surface area contributed by atoms with Crippen molar-refractivity contribution in [3.05, 3.63) is 404 Å². The van der Waals surface area contributed by atoms with Gasteiger partial charge in [0.1, 0.15) is 59.9 Å². The Balaban J connectivity index is 0.000000218. The van der Waals surface area contributed by atoms with Crippen LogP contribution in [0.1, 0.15) is 153 Å². The van der Waals surface area contributed by atoms with Gasteiger partial charge in [-0.1, -0.05) is 47.6 Å². The third-order valence-corrected chi connectivity index (χ3v) is 25.2. The predicted octanol–water partition coefficient (Wildman–Crippen LogP) is 23.2. The highest BCUT2D eigenvalue weighted by atomic mass is 79.9. The van der Waals surface area contributed by atoms with E-state index in [0.29, 0.717) is 50.3 Å². The summed E-state index contributed by atoms with van der Waals surface area (Å²) < 4.78 is 97.3. The van der Waals surface area contributed by atoms with Crippen molar-refractivity contribution in [3.8, 4) is 22.3 Å². The van der Waals surface area contributed by atoms with Gasteiger partial charge in [-0.2, -0.15) is 0 Å². The molecule has 1 aliphatic heterocycles. The number of carboxylic acids is 1. The highest BCUT2D eigenvalue weighted by Gasteiger charge is 2.26. The number of amides is 3. The first kappa shape index (κ1) is 117. The van der Waals surface area contributed by atoms with Crippen LogP contribution in [0.2, 0.25) is 0 Å². The zero-order valence-electron chi connectivity index (χ0n) is 84.1. The number of carbonyl (C=O) groups is 6. The molecule has 0 bridgehead atoms. The molecule has 0 saturated carbocycles. The first-order chi connectivity index (χ1) is 69.3. The van der Waals surface area contributed by atoms with Crippen molar-refractivity contribution < 1.29 is 85.0 Å². The molecule has 17 rings (SSSR count). The topological polar surface area (TPSA) is 409 Å². The van der Waals surface area contributed by atoms with Crippen molar-refractivity contribution in [2.24, 2.45) is 17.2 Å². The van der Waals surface area contributed by atoms with E-state index in [9.17, 15) is 75.3 Å². The fourth-order valence-corrected chi connectivity index (χ4v) is 16.4. The van der Waals surface area contributed by atoms with Crippen LogP contribution >= 0.6 is 15.9 Å². The van der Waals surface area contributed by atoms with Crippen LogP contribution in [0.3, 0.4) is 0 Å². The maximum absolute atomic E-state index is 14.2. The van der Waals surface area contributed by atoms with Gasteiger partial charge in [0, 0.05) is 113 Å². The number of primary amides is 2. The average molecular weight is 2090 g/mol. The number of nitrogens with two attached hydrogens (primary N) is 3. The number of alkyl halides is 1. The molecule has 6 aromatic heterocycles. The maximum atomic E-state index is 14.2. The predicted molar refractivity (Wildman–Crippen MR) is 572 cm³/mol. The molecule has 16 aromatic rings. The van der Waals surface area contributed by atoms with Gasteiger partial charge < -0.3 is 66.2 Å². The largest absolute Gasteiger partial charge is 0.480 e. The van der Waals surface area contributed by atoms with Gasteiger partial charge in [0.15, 0.2) is 0 Å². The van der Waals surface area contributed by atoms with Gasteiger partial charge in [-0.05, 0) is 384 Å². The first-order valence-electron chi connectivity index (χ1n) is 46.4. The van der Waals surface area contributed by atoms with E-state index in [4.69, 9.17) is 22.3 Å². The number of benzene rings is 10. The maximum Gasteiger partial charge on any atom is 0.325 e. The normalized spacial score (nSPS) is 11.5. The van der Waals surface area contributed by atoms with Crippen molar-refractivity contribution in [1.82, 2.24) is 38.9 Å². The lowest BCUT2D eigenvalue weighted by molar-refractivity contribution is -0.385. The van der Waals surface area contributed by atoms with Crippen molar-refractivity contribution in [2.75, 3.05) is 32.6 Å². The average Bonchev–Trinajstić information content (AvgIpc) is 1.22. The lowest BCUT2D eigenvalue weighted by atomic mass is 9.94. The van der Waals surface area contributed by atoms with Gasteiger partial charge in [0.05, 0.1) is 64.2 Å². The number of aryl methyl sites for hydroxylation is 13. The van der Waals surface area contributed by atoms with Crippen molar-refractivity contribution >= 4 is 113 Å². The number of likely N-dealkylation sites (tertiary alicyclic amines) is 1. The third-order valence-electron chi connectivity index (χ3n) is 24.8. The molecule has 0 unspecified atom stereocenters. The summed E-state index contributed by atoms with van der Waals surface area (Å²) in [7, 11) is 2.76. The van der Waals surface area contributed by atoms with Crippen LogP contribution in [0.15, 0.2) is 238 Å². The number of pyridine rings is 2. The van der Waals surface area contributed by atoms with Crippen LogP contribution in [0.25, 0.3) is 71.9 Å². The number of hydrogen-bond donors (Lipinski definition) is 6. The van der Waals surface area contributed by atoms with E-state index < -0.39 is 64.8 Å². The number of esters is 2. The Morgan fingerprint density at radius 3 is 1.32 bits per heavy atom. The number of hydrogen-bond acceptors (Lipinski definition) is 16. The van der Waals surface area contributed by atoms with E-state index in [1.165, 1.54) is 132 Å². The highest BCUT2D eigenvalue weighted by molar-refractivity contribution is 9.09. The number of nitro groups is 2. The second-order valence-corrected chi connectivity index (χ2v) is 36.0. The zero-order valence-corrected chi connectivity index (χ0v) is 85.7. The van der Waals surface area contributed by atoms with Gasteiger partial charge in [-0.25, -0.2) is 26.3 Å². The molecule has 2 atom stereocenters. The molecular weight excluding hydrogens is 1970 g/mol. The Labute approximate surface area is 862 Å². The Bertz CT molecular complexity index is 7460. The van der Waals surface area contributed by atoms with E-state index >= 15 is 0 Å². The molecule has 1 aliphatic rings. The summed E-state index contributed by atoms with van der Waals surface area (Å²) in [6.07, 6.45) is 17.0. The fraction of sp³-hybridized carbons (Fsp3) is 0.246.